The lowest BCUT2D eigenvalue weighted by Gasteiger charge is -2.14. The molecule has 0 saturated carbocycles. The van der Waals surface area contributed by atoms with Gasteiger partial charge in [-0.1, -0.05) is 0 Å². The number of amides is 1. The Hall–Kier alpha value is -2.37. The third-order valence-corrected chi connectivity index (χ3v) is 3.39. The first-order valence-corrected chi connectivity index (χ1v) is 6.18. The van der Waals surface area contributed by atoms with Crippen LogP contribution in [0.1, 0.15) is 16.1 Å². The van der Waals surface area contributed by atoms with Crippen LogP contribution in [0.15, 0.2) is 18.3 Å². The maximum Gasteiger partial charge on any atom is 0.253 e. The molecule has 0 fully saturated rings. The van der Waals surface area contributed by atoms with Crippen molar-refractivity contribution in [3.63, 3.8) is 0 Å². The standard InChI is InChI=1S/C13H15N5O/c1-14-13-16-5-3-9(17-13)11-7-8-10(18(11)2)4-6-15-12(8)19/h3,5,7H,4,6H2,1-2H3,(H,15,19)(H,14,16,17). The van der Waals surface area contributed by atoms with Crippen LogP contribution in [0, 0.1) is 0 Å². The summed E-state index contributed by atoms with van der Waals surface area (Å²) < 4.78 is 2.04. The van der Waals surface area contributed by atoms with E-state index in [4.69, 9.17) is 0 Å². The highest BCUT2D eigenvalue weighted by atomic mass is 16.1. The average molecular weight is 257 g/mol. The Kier molecular flexibility index (Phi) is 2.70. The van der Waals surface area contributed by atoms with E-state index in [9.17, 15) is 4.79 Å². The van der Waals surface area contributed by atoms with Crippen molar-refractivity contribution in [2.75, 3.05) is 18.9 Å². The highest BCUT2D eigenvalue weighted by Gasteiger charge is 2.23. The number of aromatic nitrogens is 3. The molecule has 6 nitrogen and oxygen atoms in total. The molecule has 3 heterocycles. The summed E-state index contributed by atoms with van der Waals surface area (Å²) in [6.45, 7) is 0.689. The highest BCUT2D eigenvalue weighted by Crippen LogP contribution is 2.25. The normalized spacial score (nSPS) is 13.9. The second-order valence-electron chi connectivity index (χ2n) is 4.47. The van der Waals surface area contributed by atoms with Gasteiger partial charge in [0.15, 0.2) is 0 Å². The summed E-state index contributed by atoms with van der Waals surface area (Å²) in [4.78, 5) is 20.4. The molecule has 0 aromatic carbocycles. The summed E-state index contributed by atoms with van der Waals surface area (Å²) in [6.07, 6.45) is 2.56. The predicted molar refractivity (Wildman–Crippen MR) is 72.0 cm³/mol. The molecule has 19 heavy (non-hydrogen) atoms. The molecular weight excluding hydrogens is 242 g/mol. The van der Waals surface area contributed by atoms with E-state index in [1.807, 2.05) is 23.7 Å². The molecule has 0 saturated heterocycles. The first kappa shape index (κ1) is 11.7. The third-order valence-electron chi connectivity index (χ3n) is 3.39. The van der Waals surface area contributed by atoms with Gasteiger partial charge in [-0.2, -0.15) is 0 Å². The van der Waals surface area contributed by atoms with Crippen LogP contribution in [0.5, 0.6) is 0 Å². The molecular formula is C13H15N5O. The van der Waals surface area contributed by atoms with Gasteiger partial charge in [-0.15, -0.1) is 0 Å². The van der Waals surface area contributed by atoms with Crippen LogP contribution in [-0.4, -0.2) is 34.0 Å². The Morgan fingerprint density at radius 1 is 1.47 bits per heavy atom. The molecule has 1 aliphatic rings. The van der Waals surface area contributed by atoms with Crippen LogP contribution in [0.4, 0.5) is 5.95 Å². The van der Waals surface area contributed by atoms with Crippen LogP contribution in [0.2, 0.25) is 0 Å². The molecule has 0 atom stereocenters. The second-order valence-corrected chi connectivity index (χ2v) is 4.47. The minimum Gasteiger partial charge on any atom is -0.357 e. The van der Waals surface area contributed by atoms with E-state index in [1.54, 1.807) is 13.2 Å². The van der Waals surface area contributed by atoms with Gasteiger partial charge in [-0.25, -0.2) is 9.97 Å². The fraction of sp³-hybridized carbons (Fsp3) is 0.308. The third kappa shape index (κ3) is 1.85. The number of carbonyl (C=O) groups is 1. The lowest BCUT2D eigenvalue weighted by Crippen LogP contribution is -2.31. The maximum absolute atomic E-state index is 11.8. The van der Waals surface area contributed by atoms with E-state index in [2.05, 4.69) is 20.6 Å². The number of hydrogen-bond acceptors (Lipinski definition) is 4. The van der Waals surface area contributed by atoms with Crippen molar-refractivity contribution < 1.29 is 4.79 Å². The monoisotopic (exact) mass is 257 g/mol. The maximum atomic E-state index is 11.8. The largest absolute Gasteiger partial charge is 0.357 e. The Bertz CT molecular complexity index is 646. The van der Waals surface area contributed by atoms with E-state index in [0.29, 0.717) is 12.5 Å². The van der Waals surface area contributed by atoms with E-state index in [0.717, 1.165) is 29.1 Å². The molecule has 0 aliphatic carbocycles. The Balaban J connectivity index is 2.13. The number of fused-ring (bicyclic) bond motifs is 1. The van der Waals surface area contributed by atoms with Crippen molar-refractivity contribution in [1.82, 2.24) is 19.9 Å². The van der Waals surface area contributed by atoms with Gasteiger partial charge in [0.05, 0.1) is 17.0 Å². The van der Waals surface area contributed by atoms with Crippen molar-refractivity contribution in [1.29, 1.82) is 0 Å². The molecule has 0 unspecified atom stereocenters. The van der Waals surface area contributed by atoms with Gasteiger partial charge in [-0.3, -0.25) is 4.79 Å². The zero-order valence-corrected chi connectivity index (χ0v) is 10.9. The van der Waals surface area contributed by atoms with Gasteiger partial charge in [0.1, 0.15) is 0 Å². The smallest absolute Gasteiger partial charge is 0.253 e. The lowest BCUT2D eigenvalue weighted by molar-refractivity contribution is 0.0945. The zero-order valence-electron chi connectivity index (χ0n) is 10.9. The second kappa shape index (κ2) is 4.38. The van der Waals surface area contributed by atoms with Crippen molar-refractivity contribution in [3.8, 4) is 11.4 Å². The fourth-order valence-electron chi connectivity index (χ4n) is 2.40. The molecule has 1 amide bonds. The highest BCUT2D eigenvalue weighted by molar-refractivity contribution is 5.97. The summed E-state index contributed by atoms with van der Waals surface area (Å²) in [5, 5.41) is 5.77. The topological polar surface area (TPSA) is 71.8 Å². The van der Waals surface area contributed by atoms with E-state index >= 15 is 0 Å². The van der Waals surface area contributed by atoms with Gasteiger partial charge in [0.2, 0.25) is 5.95 Å². The van der Waals surface area contributed by atoms with Crippen molar-refractivity contribution >= 4 is 11.9 Å². The van der Waals surface area contributed by atoms with Crippen molar-refractivity contribution in [2.24, 2.45) is 7.05 Å². The number of nitrogens with one attached hydrogen (secondary N) is 2. The van der Waals surface area contributed by atoms with Gasteiger partial charge < -0.3 is 15.2 Å². The molecule has 6 heteroatoms. The first-order valence-electron chi connectivity index (χ1n) is 6.18. The summed E-state index contributed by atoms with van der Waals surface area (Å²) in [6, 6.07) is 3.74. The number of anilines is 1. The molecule has 0 bridgehead atoms. The van der Waals surface area contributed by atoms with E-state index < -0.39 is 0 Å². The molecule has 2 aromatic heterocycles. The quantitative estimate of drug-likeness (QED) is 0.835. The number of carbonyl (C=O) groups excluding carboxylic acids is 1. The Labute approximate surface area is 110 Å². The van der Waals surface area contributed by atoms with Crippen LogP contribution in [0.3, 0.4) is 0 Å². The minimum atomic E-state index is -0.00834. The van der Waals surface area contributed by atoms with Gasteiger partial charge in [0, 0.05) is 39.0 Å². The SMILES string of the molecule is CNc1nccc(-c2cc3c(n2C)CCNC3=O)n1. The molecule has 2 aromatic rings. The molecule has 2 N–H and O–H groups in total. The lowest BCUT2D eigenvalue weighted by atomic mass is 10.1. The van der Waals surface area contributed by atoms with Crippen LogP contribution in [0.25, 0.3) is 11.4 Å². The number of hydrogen-bond donors (Lipinski definition) is 2. The zero-order chi connectivity index (χ0) is 13.4. The Morgan fingerprint density at radius 3 is 3.05 bits per heavy atom. The van der Waals surface area contributed by atoms with Gasteiger partial charge in [-0.05, 0) is 12.1 Å². The average Bonchev–Trinajstić information content (AvgIpc) is 2.78. The van der Waals surface area contributed by atoms with Gasteiger partial charge >= 0.3 is 0 Å². The first-order chi connectivity index (χ1) is 9.20. The molecule has 0 radical (unpaired) electrons. The summed E-state index contributed by atoms with van der Waals surface area (Å²) in [7, 11) is 3.75. The Morgan fingerprint density at radius 2 is 2.32 bits per heavy atom. The van der Waals surface area contributed by atoms with Crippen molar-refractivity contribution in [3.05, 3.63) is 29.6 Å². The number of rotatable bonds is 2. The summed E-state index contributed by atoms with van der Waals surface area (Å²) in [5.74, 6) is 0.562. The molecule has 3 rings (SSSR count). The molecule has 98 valence electrons. The van der Waals surface area contributed by atoms with Gasteiger partial charge in [0.25, 0.3) is 5.91 Å². The summed E-state index contributed by atoms with van der Waals surface area (Å²) >= 11 is 0. The van der Waals surface area contributed by atoms with E-state index in [1.165, 1.54) is 0 Å². The van der Waals surface area contributed by atoms with Crippen LogP contribution in [-0.2, 0) is 13.5 Å². The predicted octanol–water partition coefficient (Wildman–Crippen LogP) is 0.810. The van der Waals surface area contributed by atoms with E-state index in [-0.39, 0.29) is 5.91 Å². The van der Waals surface area contributed by atoms with Crippen LogP contribution >= 0.6 is 0 Å². The number of nitrogens with zero attached hydrogens (tertiary/aromatic N) is 3. The molecule has 0 spiro atoms. The fourth-order valence-corrected chi connectivity index (χ4v) is 2.40. The minimum absolute atomic E-state index is 0.00834. The molecule has 1 aliphatic heterocycles. The van der Waals surface area contributed by atoms with Crippen LogP contribution < -0.4 is 10.6 Å². The van der Waals surface area contributed by atoms with Crippen molar-refractivity contribution in [2.45, 2.75) is 6.42 Å². The summed E-state index contributed by atoms with van der Waals surface area (Å²) in [5.41, 5.74) is 3.54.